The van der Waals surface area contributed by atoms with Crippen LogP contribution in [0.1, 0.15) is 28.9 Å². The lowest BCUT2D eigenvalue weighted by molar-refractivity contribution is 0.0699. The molecule has 3 aromatic rings. The molecule has 1 aliphatic rings. The summed E-state index contributed by atoms with van der Waals surface area (Å²) in [5.41, 5.74) is 3.57. The van der Waals surface area contributed by atoms with E-state index in [0.29, 0.717) is 16.9 Å². The van der Waals surface area contributed by atoms with Crippen LogP contribution in [0.5, 0.6) is 0 Å². The number of fused-ring (bicyclic) bond motifs is 2. The second kappa shape index (κ2) is 4.41. The molecule has 21 heavy (non-hydrogen) atoms. The first-order chi connectivity index (χ1) is 10.2. The van der Waals surface area contributed by atoms with Gasteiger partial charge >= 0.3 is 5.97 Å². The standard InChI is InChI=1S/C14H13N5O2/c20-14(21)8-5-15-13-11(8)18-9(6-16-13)12-10-3-1-2-4-19(10)7-17-12/h5-7H,1-4H2,(H,15,16)(H,20,21). The first kappa shape index (κ1) is 12.1. The Morgan fingerprint density at radius 1 is 1.33 bits per heavy atom. The van der Waals surface area contributed by atoms with Crippen molar-refractivity contribution in [3.63, 3.8) is 0 Å². The van der Waals surface area contributed by atoms with Crippen LogP contribution in [-0.4, -0.2) is 35.6 Å². The van der Waals surface area contributed by atoms with Gasteiger partial charge in [0.15, 0.2) is 5.65 Å². The molecule has 1 aliphatic heterocycles. The molecule has 0 bridgehead atoms. The Labute approximate surface area is 119 Å². The highest BCUT2D eigenvalue weighted by Gasteiger charge is 2.19. The molecule has 0 atom stereocenters. The Bertz CT molecular complexity index is 848. The van der Waals surface area contributed by atoms with E-state index in [1.54, 1.807) is 6.20 Å². The minimum absolute atomic E-state index is 0.132. The van der Waals surface area contributed by atoms with Crippen molar-refractivity contribution in [2.24, 2.45) is 0 Å². The normalized spacial score (nSPS) is 14.3. The van der Waals surface area contributed by atoms with Gasteiger partial charge in [-0.25, -0.2) is 19.7 Å². The molecule has 0 fully saturated rings. The average Bonchev–Trinajstić information content (AvgIpc) is 3.10. The van der Waals surface area contributed by atoms with E-state index in [1.807, 2.05) is 6.33 Å². The van der Waals surface area contributed by atoms with Crippen LogP contribution in [0.2, 0.25) is 0 Å². The van der Waals surface area contributed by atoms with Crippen molar-refractivity contribution in [3.05, 3.63) is 30.0 Å². The summed E-state index contributed by atoms with van der Waals surface area (Å²) >= 11 is 0. The van der Waals surface area contributed by atoms with Crippen LogP contribution in [0.25, 0.3) is 22.6 Å². The maximum Gasteiger partial charge on any atom is 0.339 e. The maximum atomic E-state index is 11.2. The van der Waals surface area contributed by atoms with E-state index < -0.39 is 5.97 Å². The first-order valence-electron chi connectivity index (χ1n) is 6.86. The number of hydrogen-bond donors (Lipinski definition) is 2. The summed E-state index contributed by atoms with van der Waals surface area (Å²) in [6.45, 7) is 0.975. The van der Waals surface area contributed by atoms with Crippen molar-refractivity contribution in [1.29, 1.82) is 0 Å². The SMILES string of the molecule is O=C(O)c1c[nH]c2ncc(-c3ncn4c3CCCC4)nc12. The van der Waals surface area contributed by atoms with E-state index in [2.05, 4.69) is 24.5 Å². The number of rotatable bonds is 2. The molecule has 0 saturated carbocycles. The summed E-state index contributed by atoms with van der Waals surface area (Å²) in [5, 5.41) is 9.18. The van der Waals surface area contributed by atoms with E-state index in [-0.39, 0.29) is 5.56 Å². The molecule has 7 nitrogen and oxygen atoms in total. The lowest BCUT2D eigenvalue weighted by Gasteiger charge is -2.14. The molecular formula is C14H13N5O2. The Balaban J connectivity index is 1.89. The highest BCUT2D eigenvalue weighted by Crippen LogP contribution is 2.26. The molecule has 4 heterocycles. The van der Waals surface area contributed by atoms with Crippen molar-refractivity contribution in [1.82, 2.24) is 24.5 Å². The van der Waals surface area contributed by atoms with Gasteiger partial charge in [0, 0.05) is 18.4 Å². The van der Waals surface area contributed by atoms with Crippen molar-refractivity contribution < 1.29 is 9.90 Å². The fraction of sp³-hybridized carbons (Fsp3) is 0.286. The van der Waals surface area contributed by atoms with Crippen LogP contribution in [0.15, 0.2) is 18.7 Å². The van der Waals surface area contributed by atoms with Gasteiger partial charge in [0.25, 0.3) is 0 Å². The quantitative estimate of drug-likeness (QED) is 0.748. The van der Waals surface area contributed by atoms with E-state index >= 15 is 0 Å². The number of aromatic carboxylic acids is 1. The molecule has 106 valence electrons. The highest BCUT2D eigenvalue weighted by atomic mass is 16.4. The van der Waals surface area contributed by atoms with Crippen LogP contribution >= 0.6 is 0 Å². The van der Waals surface area contributed by atoms with Crippen LogP contribution in [0.4, 0.5) is 0 Å². The van der Waals surface area contributed by atoms with Gasteiger partial charge in [-0.05, 0) is 19.3 Å². The summed E-state index contributed by atoms with van der Waals surface area (Å²) in [6.07, 6.45) is 8.15. The number of carboxylic acids is 1. The Kier molecular flexibility index (Phi) is 2.53. The Morgan fingerprint density at radius 2 is 2.24 bits per heavy atom. The monoisotopic (exact) mass is 283 g/mol. The molecule has 0 spiro atoms. The van der Waals surface area contributed by atoms with Gasteiger partial charge in [-0.15, -0.1) is 0 Å². The lowest BCUT2D eigenvalue weighted by Crippen LogP contribution is -2.09. The molecule has 0 aromatic carbocycles. The summed E-state index contributed by atoms with van der Waals surface area (Å²) in [4.78, 5) is 27.2. The first-order valence-corrected chi connectivity index (χ1v) is 6.86. The molecule has 2 N–H and O–H groups in total. The summed E-state index contributed by atoms with van der Waals surface area (Å²) in [5.74, 6) is -1.01. The molecule has 0 amide bonds. The summed E-state index contributed by atoms with van der Waals surface area (Å²) in [6, 6.07) is 0. The average molecular weight is 283 g/mol. The maximum absolute atomic E-state index is 11.2. The smallest absolute Gasteiger partial charge is 0.339 e. The van der Waals surface area contributed by atoms with Gasteiger partial charge < -0.3 is 14.7 Å². The third-order valence-corrected chi connectivity index (χ3v) is 3.86. The third kappa shape index (κ3) is 1.81. The van der Waals surface area contributed by atoms with Crippen LogP contribution < -0.4 is 0 Å². The van der Waals surface area contributed by atoms with Crippen LogP contribution in [0, 0.1) is 0 Å². The van der Waals surface area contributed by atoms with Gasteiger partial charge in [-0.3, -0.25) is 0 Å². The minimum atomic E-state index is -1.01. The number of aromatic nitrogens is 5. The van der Waals surface area contributed by atoms with Crippen molar-refractivity contribution >= 4 is 17.1 Å². The lowest BCUT2D eigenvalue weighted by atomic mass is 10.1. The number of carboxylic acid groups (broad SMARTS) is 1. The van der Waals surface area contributed by atoms with Crippen molar-refractivity contribution in [2.75, 3.05) is 0 Å². The molecule has 4 rings (SSSR count). The number of nitrogens with zero attached hydrogens (tertiary/aromatic N) is 4. The highest BCUT2D eigenvalue weighted by molar-refractivity contribution is 6.00. The van der Waals surface area contributed by atoms with Gasteiger partial charge in [0.05, 0.1) is 12.5 Å². The molecule has 0 saturated heterocycles. The zero-order chi connectivity index (χ0) is 14.4. The third-order valence-electron chi connectivity index (χ3n) is 3.86. The summed E-state index contributed by atoms with van der Waals surface area (Å²) in [7, 11) is 0. The number of aromatic amines is 1. The zero-order valence-electron chi connectivity index (χ0n) is 11.2. The fourth-order valence-electron chi connectivity index (χ4n) is 2.82. The molecule has 0 radical (unpaired) electrons. The van der Waals surface area contributed by atoms with E-state index in [4.69, 9.17) is 0 Å². The topological polar surface area (TPSA) is 96.7 Å². The van der Waals surface area contributed by atoms with Crippen molar-refractivity contribution in [3.8, 4) is 11.4 Å². The summed E-state index contributed by atoms with van der Waals surface area (Å²) < 4.78 is 2.14. The van der Waals surface area contributed by atoms with E-state index in [0.717, 1.165) is 37.2 Å². The number of hydrogen-bond acceptors (Lipinski definition) is 4. The fourth-order valence-corrected chi connectivity index (χ4v) is 2.82. The number of H-pyrrole nitrogens is 1. The number of nitrogens with one attached hydrogen (secondary N) is 1. The Morgan fingerprint density at radius 3 is 3.10 bits per heavy atom. The zero-order valence-corrected chi connectivity index (χ0v) is 11.2. The van der Waals surface area contributed by atoms with Gasteiger partial charge in [-0.2, -0.15) is 0 Å². The molecular weight excluding hydrogens is 270 g/mol. The second-order valence-corrected chi connectivity index (χ2v) is 5.15. The number of imidazole rings is 1. The number of aryl methyl sites for hydroxylation is 1. The van der Waals surface area contributed by atoms with Gasteiger partial charge in [0.2, 0.25) is 0 Å². The largest absolute Gasteiger partial charge is 0.478 e. The number of carbonyl (C=O) groups is 1. The molecule has 0 aliphatic carbocycles. The predicted octanol–water partition coefficient (Wildman–Crippen LogP) is 1.86. The minimum Gasteiger partial charge on any atom is -0.478 e. The van der Waals surface area contributed by atoms with E-state index in [9.17, 15) is 9.90 Å². The van der Waals surface area contributed by atoms with Crippen LogP contribution in [0.3, 0.4) is 0 Å². The van der Waals surface area contributed by atoms with E-state index in [1.165, 1.54) is 6.20 Å². The van der Waals surface area contributed by atoms with Crippen molar-refractivity contribution in [2.45, 2.75) is 25.8 Å². The van der Waals surface area contributed by atoms with Gasteiger partial charge in [0.1, 0.15) is 22.5 Å². The molecule has 7 heteroatoms. The van der Waals surface area contributed by atoms with Crippen LogP contribution in [-0.2, 0) is 13.0 Å². The second-order valence-electron chi connectivity index (χ2n) is 5.15. The van der Waals surface area contributed by atoms with Gasteiger partial charge in [-0.1, -0.05) is 0 Å². The Hall–Kier alpha value is -2.70. The molecule has 3 aromatic heterocycles. The molecule has 0 unspecified atom stereocenters. The predicted molar refractivity (Wildman–Crippen MR) is 75.0 cm³/mol.